The summed E-state index contributed by atoms with van der Waals surface area (Å²) in [6.45, 7) is 5.81. The monoisotopic (exact) mass is 229 g/mol. The normalized spacial score (nSPS) is 12.5. The van der Waals surface area contributed by atoms with Crippen molar-refractivity contribution in [3.8, 4) is 0 Å². The van der Waals surface area contributed by atoms with E-state index in [1.165, 1.54) is 0 Å². The van der Waals surface area contributed by atoms with Gasteiger partial charge < -0.3 is 14.6 Å². The van der Waals surface area contributed by atoms with Crippen molar-refractivity contribution in [2.75, 3.05) is 6.61 Å². The van der Waals surface area contributed by atoms with Crippen LogP contribution in [0.2, 0.25) is 0 Å². The van der Waals surface area contributed by atoms with Crippen molar-refractivity contribution in [3.05, 3.63) is 0 Å². The highest BCUT2D eigenvalue weighted by Gasteiger charge is 2.29. The Hall–Kier alpha value is -1.06. The van der Waals surface area contributed by atoms with E-state index >= 15 is 0 Å². The fourth-order valence-corrected chi connectivity index (χ4v) is 1.93. The molecule has 0 radical (unpaired) electrons. The maximum atomic E-state index is 11.5. The van der Waals surface area contributed by atoms with Gasteiger partial charge in [-0.15, -0.1) is 0 Å². The molecule has 0 rings (SSSR count). The van der Waals surface area contributed by atoms with Crippen molar-refractivity contribution in [2.24, 2.45) is 11.8 Å². The van der Waals surface area contributed by atoms with Crippen molar-refractivity contribution in [2.45, 2.75) is 46.5 Å². The molecule has 94 valence electrons. The molecule has 0 saturated heterocycles. The lowest BCUT2D eigenvalue weighted by molar-refractivity contribution is -0.312. The average Bonchev–Trinajstić information content (AvgIpc) is 2.18. The van der Waals surface area contributed by atoms with Crippen LogP contribution in [0.15, 0.2) is 0 Å². The van der Waals surface area contributed by atoms with Crippen LogP contribution in [-0.2, 0) is 14.3 Å². The number of carboxylic acid groups (broad SMARTS) is 1. The molecule has 0 heterocycles. The van der Waals surface area contributed by atoms with E-state index in [0.717, 1.165) is 12.8 Å². The van der Waals surface area contributed by atoms with E-state index in [0.29, 0.717) is 12.8 Å². The van der Waals surface area contributed by atoms with Gasteiger partial charge in [0.1, 0.15) is 0 Å². The molecular weight excluding hydrogens is 208 g/mol. The molecule has 4 nitrogen and oxygen atoms in total. The molecule has 0 aliphatic carbocycles. The van der Waals surface area contributed by atoms with Crippen LogP contribution in [0, 0.1) is 11.8 Å². The molecule has 0 aromatic carbocycles. The highest BCUT2D eigenvalue weighted by atomic mass is 16.5. The van der Waals surface area contributed by atoms with Gasteiger partial charge in [0.05, 0.1) is 18.5 Å². The van der Waals surface area contributed by atoms with E-state index < -0.39 is 17.9 Å². The molecule has 0 aliphatic heterocycles. The van der Waals surface area contributed by atoms with Crippen LogP contribution in [0.1, 0.15) is 46.5 Å². The molecule has 0 spiro atoms. The molecule has 0 saturated carbocycles. The standard InChI is InChI=1S/C12H22O4/c1-4-7-9(8-5-2)10(11(13)14)12(15)16-6-3/h9-10H,4-8H2,1-3H3,(H,13,14)/p-1/t10-/m0/s1. The molecule has 0 unspecified atom stereocenters. The van der Waals surface area contributed by atoms with Gasteiger partial charge >= 0.3 is 5.97 Å². The number of carbonyl (C=O) groups excluding carboxylic acids is 2. The Morgan fingerprint density at radius 1 is 1.12 bits per heavy atom. The predicted octanol–water partition coefficient (Wildman–Crippen LogP) is 1.13. The van der Waals surface area contributed by atoms with Gasteiger partial charge in [-0.1, -0.05) is 26.7 Å². The first-order chi connectivity index (χ1) is 7.58. The quantitative estimate of drug-likeness (QED) is 0.462. The number of rotatable bonds is 8. The van der Waals surface area contributed by atoms with Gasteiger partial charge in [0.2, 0.25) is 0 Å². The number of hydrogen-bond acceptors (Lipinski definition) is 4. The minimum atomic E-state index is -1.31. The summed E-state index contributed by atoms with van der Waals surface area (Å²) in [5, 5.41) is 11.0. The molecule has 0 amide bonds. The molecule has 0 N–H and O–H groups in total. The molecule has 4 heteroatoms. The Morgan fingerprint density at radius 3 is 1.94 bits per heavy atom. The van der Waals surface area contributed by atoms with E-state index in [2.05, 4.69) is 0 Å². The Morgan fingerprint density at radius 2 is 1.62 bits per heavy atom. The molecule has 0 aliphatic rings. The minimum Gasteiger partial charge on any atom is -0.549 e. The molecule has 1 atom stereocenters. The maximum absolute atomic E-state index is 11.5. The minimum absolute atomic E-state index is 0.168. The second-order valence-electron chi connectivity index (χ2n) is 3.89. The number of aliphatic carboxylic acids is 1. The molecule has 16 heavy (non-hydrogen) atoms. The fraction of sp³-hybridized carbons (Fsp3) is 0.833. The van der Waals surface area contributed by atoms with Gasteiger partial charge in [0.15, 0.2) is 0 Å². The van der Waals surface area contributed by atoms with Gasteiger partial charge in [0.25, 0.3) is 0 Å². The van der Waals surface area contributed by atoms with E-state index in [-0.39, 0.29) is 12.5 Å². The van der Waals surface area contributed by atoms with Crippen LogP contribution < -0.4 is 5.11 Å². The Bertz CT molecular complexity index is 219. The van der Waals surface area contributed by atoms with E-state index in [9.17, 15) is 14.7 Å². The summed E-state index contributed by atoms with van der Waals surface area (Å²) < 4.78 is 4.78. The summed E-state index contributed by atoms with van der Waals surface area (Å²) in [6, 6.07) is 0. The van der Waals surface area contributed by atoms with Gasteiger partial charge in [0, 0.05) is 0 Å². The van der Waals surface area contributed by atoms with Crippen LogP contribution in [0.3, 0.4) is 0 Å². The van der Waals surface area contributed by atoms with Crippen LogP contribution in [-0.4, -0.2) is 18.5 Å². The lowest BCUT2D eigenvalue weighted by Crippen LogP contribution is -2.42. The predicted molar refractivity (Wildman–Crippen MR) is 58.4 cm³/mol. The SMILES string of the molecule is CCCC(CCC)[C@@H](C(=O)[O-])C(=O)OCC. The third kappa shape index (κ3) is 4.64. The maximum Gasteiger partial charge on any atom is 0.314 e. The first-order valence-electron chi connectivity index (χ1n) is 5.95. The van der Waals surface area contributed by atoms with Gasteiger partial charge in [-0.05, 0) is 25.7 Å². The zero-order chi connectivity index (χ0) is 12.6. The summed E-state index contributed by atoms with van der Waals surface area (Å²) in [4.78, 5) is 22.5. The largest absolute Gasteiger partial charge is 0.549 e. The number of carbonyl (C=O) groups is 2. The molecule has 0 aromatic rings. The van der Waals surface area contributed by atoms with Crippen LogP contribution >= 0.6 is 0 Å². The zero-order valence-corrected chi connectivity index (χ0v) is 10.3. The summed E-state index contributed by atoms with van der Waals surface area (Å²) in [5.41, 5.74) is 0. The number of esters is 1. The summed E-state index contributed by atoms with van der Waals surface area (Å²) in [6.07, 6.45) is 3.14. The number of hydrogen-bond donors (Lipinski definition) is 0. The average molecular weight is 229 g/mol. The van der Waals surface area contributed by atoms with Crippen LogP contribution in [0.4, 0.5) is 0 Å². The Kier molecular flexibility index (Phi) is 7.60. The van der Waals surface area contributed by atoms with Crippen molar-refractivity contribution in [1.29, 1.82) is 0 Å². The summed E-state index contributed by atoms with van der Waals surface area (Å²) in [5.74, 6) is -3.25. The van der Waals surface area contributed by atoms with Gasteiger partial charge in [-0.2, -0.15) is 0 Å². The Labute approximate surface area is 97.0 Å². The second kappa shape index (κ2) is 8.13. The highest BCUT2D eigenvalue weighted by Crippen LogP contribution is 2.24. The van der Waals surface area contributed by atoms with E-state index in [1.54, 1.807) is 6.92 Å². The number of ether oxygens (including phenoxy) is 1. The summed E-state index contributed by atoms with van der Waals surface area (Å²) in [7, 11) is 0. The lowest BCUT2D eigenvalue weighted by atomic mass is 9.85. The third-order valence-electron chi connectivity index (χ3n) is 2.58. The first-order valence-corrected chi connectivity index (χ1v) is 5.95. The number of carboxylic acids is 1. The van der Waals surface area contributed by atoms with E-state index in [1.807, 2.05) is 13.8 Å². The topological polar surface area (TPSA) is 66.4 Å². The smallest absolute Gasteiger partial charge is 0.314 e. The van der Waals surface area contributed by atoms with Crippen molar-refractivity contribution in [1.82, 2.24) is 0 Å². The second-order valence-corrected chi connectivity index (χ2v) is 3.89. The van der Waals surface area contributed by atoms with E-state index in [4.69, 9.17) is 4.74 Å². The first kappa shape index (κ1) is 14.9. The van der Waals surface area contributed by atoms with Crippen LogP contribution in [0.5, 0.6) is 0 Å². The van der Waals surface area contributed by atoms with Crippen molar-refractivity contribution in [3.63, 3.8) is 0 Å². The fourth-order valence-electron chi connectivity index (χ4n) is 1.93. The van der Waals surface area contributed by atoms with Crippen molar-refractivity contribution < 1.29 is 19.4 Å². The molecule has 0 aromatic heterocycles. The molecular formula is C12H21O4-. The highest BCUT2D eigenvalue weighted by molar-refractivity contribution is 5.93. The zero-order valence-electron chi connectivity index (χ0n) is 10.3. The van der Waals surface area contributed by atoms with Crippen LogP contribution in [0.25, 0.3) is 0 Å². The van der Waals surface area contributed by atoms with Gasteiger partial charge in [-0.25, -0.2) is 0 Å². The molecule has 0 bridgehead atoms. The molecule has 0 fully saturated rings. The summed E-state index contributed by atoms with van der Waals surface area (Å²) >= 11 is 0. The lowest BCUT2D eigenvalue weighted by Gasteiger charge is -2.25. The van der Waals surface area contributed by atoms with Gasteiger partial charge in [-0.3, -0.25) is 4.79 Å². The van der Waals surface area contributed by atoms with Crippen molar-refractivity contribution >= 4 is 11.9 Å². The Balaban J connectivity index is 4.68. The third-order valence-corrected chi connectivity index (χ3v) is 2.58.